The predicted molar refractivity (Wildman–Crippen MR) is 37.0 cm³/mol. The summed E-state index contributed by atoms with van der Waals surface area (Å²) in [6.45, 7) is 0. The van der Waals surface area contributed by atoms with Crippen LogP contribution in [0.15, 0.2) is 0 Å². The first-order valence-electron chi connectivity index (χ1n) is 3.38. The Morgan fingerprint density at radius 2 is 1.35 bits per heavy atom. The molecule has 0 heterocycles. The summed E-state index contributed by atoms with van der Waals surface area (Å²) >= 11 is 0. The van der Waals surface area contributed by atoms with Gasteiger partial charge >= 0.3 is 29.7 Å². The molecule has 0 aromatic heterocycles. The van der Waals surface area contributed by atoms with Crippen molar-refractivity contribution < 1.29 is 50.5 Å². The highest BCUT2D eigenvalue weighted by Gasteiger charge is 2.79. The summed E-state index contributed by atoms with van der Waals surface area (Å²) in [6.07, 6.45) is 0. The third kappa shape index (κ3) is 2.42. The van der Waals surface area contributed by atoms with E-state index in [1.54, 1.807) is 0 Å². The van der Waals surface area contributed by atoms with Crippen molar-refractivity contribution >= 4 is 11.9 Å². The summed E-state index contributed by atoms with van der Waals surface area (Å²) in [5.74, 6) is -24.9. The van der Waals surface area contributed by atoms with Gasteiger partial charge in [0.2, 0.25) is 0 Å². The number of carbonyl (C=O) groups is 2. The van der Waals surface area contributed by atoms with Crippen molar-refractivity contribution in [3.05, 3.63) is 0 Å². The van der Waals surface area contributed by atoms with E-state index in [-0.39, 0.29) is 11.8 Å². The molecule has 4 nitrogen and oxygen atoms in total. The number of hydrogen-bond donors (Lipinski definition) is 1. The first-order chi connectivity index (χ1) is 6.92. The fourth-order valence-corrected chi connectivity index (χ4v) is 0.588. The van der Waals surface area contributed by atoms with Gasteiger partial charge in [-0.05, 0) is 0 Å². The van der Waals surface area contributed by atoms with Gasteiger partial charge in [-0.1, -0.05) is 0 Å². The average molecular weight is 274 g/mol. The summed E-state index contributed by atoms with van der Waals surface area (Å²) in [6, 6.07) is 0. The van der Waals surface area contributed by atoms with Crippen LogP contribution in [0.1, 0.15) is 0 Å². The Bertz CT molecular complexity index is 313. The first kappa shape index (κ1) is 17.8. The number of carboxylic acids is 1. The number of rotatable bonds is 4. The molecule has 0 bridgehead atoms. The highest BCUT2D eigenvalue weighted by molar-refractivity contribution is 5.83. The van der Waals surface area contributed by atoms with Gasteiger partial charge < -0.3 is 9.84 Å². The predicted octanol–water partition coefficient (Wildman–Crippen LogP) is 1.30. The second-order valence-corrected chi connectivity index (χ2v) is 2.52. The molecule has 0 unspecified atom stereocenters. The molecule has 0 amide bonds. The monoisotopic (exact) mass is 274 g/mol. The van der Waals surface area contributed by atoms with Crippen molar-refractivity contribution in [3.8, 4) is 0 Å². The molecule has 0 saturated carbocycles. The Balaban J connectivity index is 0. The number of carboxylic acid groups (broad SMARTS) is 1. The van der Waals surface area contributed by atoms with Crippen molar-refractivity contribution in [2.75, 3.05) is 7.11 Å². The van der Waals surface area contributed by atoms with Crippen LogP contribution in [0.2, 0.25) is 0 Å². The molecule has 11 heteroatoms. The van der Waals surface area contributed by atoms with Crippen LogP contribution in [0.4, 0.5) is 31.0 Å². The van der Waals surface area contributed by atoms with Gasteiger partial charge in [-0.25, -0.2) is 9.59 Å². The topological polar surface area (TPSA) is 63.6 Å². The number of alkyl halides is 6. The molecule has 0 aliphatic heterocycles. The molecule has 17 heavy (non-hydrogen) atoms. The quantitative estimate of drug-likeness (QED) is 0.620. The summed E-state index contributed by atoms with van der Waals surface area (Å²) in [5, 5.41) is 7.68. The minimum atomic E-state index is -6.40. The summed E-state index contributed by atoms with van der Waals surface area (Å²) in [5.41, 5.74) is 0. The van der Waals surface area contributed by atoms with Crippen molar-refractivity contribution in [1.29, 1.82) is 0 Å². The molecule has 0 aliphatic carbocycles. The molecular weight excluding hydrogens is 269 g/mol. The molecule has 0 rings (SSSR count). The second-order valence-electron chi connectivity index (χ2n) is 2.52. The molecule has 0 fully saturated rings. The Hall–Kier alpha value is -1.55. The number of hydrogen-bond acceptors (Lipinski definition) is 3. The fourth-order valence-electron chi connectivity index (χ4n) is 0.588. The van der Waals surface area contributed by atoms with Crippen LogP contribution in [0, 0.1) is 0 Å². The smallest absolute Gasteiger partial charge is 0.411 e. The Morgan fingerprint density at radius 3 is 1.59 bits per heavy atom. The minimum absolute atomic E-state index is 0. The molecule has 0 aromatic carbocycles. The lowest BCUT2D eigenvalue weighted by atomic mass is 10.1. The molecule has 0 atom stereocenters. The zero-order valence-electron chi connectivity index (χ0n) is 7.85. The molecule has 0 aromatic rings. The van der Waals surface area contributed by atoms with Crippen molar-refractivity contribution in [1.82, 2.24) is 0 Å². The maximum absolute atomic E-state index is 12.5. The lowest BCUT2D eigenvalue weighted by Crippen LogP contribution is -2.61. The Labute approximate surface area is 88.5 Å². The maximum atomic E-state index is 12.5. The SMILES string of the molecule is COC(=O)C(F)(F)C(F)(F)C(F)(F)C(=O)O.F. The average Bonchev–Trinajstić information content (AvgIpc) is 2.15. The van der Waals surface area contributed by atoms with E-state index in [9.17, 15) is 35.9 Å². The van der Waals surface area contributed by atoms with E-state index in [1.165, 1.54) is 0 Å². The maximum Gasteiger partial charge on any atom is 0.411 e. The van der Waals surface area contributed by atoms with E-state index in [4.69, 9.17) is 5.11 Å². The lowest BCUT2D eigenvalue weighted by molar-refractivity contribution is -0.299. The number of methoxy groups -OCH3 is 1. The largest absolute Gasteiger partial charge is 0.477 e. The van der Waals surface area contributed by atoms with Crippen LogP contribution in [0.25, 0.3) is 0 Å². The van der Waals surface area contributed by atoms with E-state index in [0.29, 0.717) is 0 Å². The van der Waals surface area contributed by atoms with Gasteiger partial charge in [-0.15, -0.1) is 0 Å². The van der Waals surface area contributed by atoms with E-state index in [2.05, 4.69) is 4.74 Å². The number of aliphatic carboxylic acids is 1. The molecule has 0 spiro atoms. The number of carbonyl (C=O) groups excluding carboxylic acids is 1. The highest BCUT2D eigenvalue weighted by Crippen LogP contribution is 2.46. The lowest BCUT2D eigenvalue weighted by Gasteiger charge is -2.28. The highest BCUT2D eigenvalue weighted by atomic mass is 19.3. The number of ether oxygens (including phenoxy) is 1. The molecule has 0 aliphatic rings. The number of halogens is 7. The van der Waals surface area contributed by atoms with Crippen LogP contribution in [0.5, 0.6) is 0 Å². The first-order valence-corrected chi connectivity index (χ1v) is 3.38. The third-order valence-corrected chi connectivity index (χ3v) is 1.50. The van der Waals surface area contributed by atoms with Gasteiger partial charge in [0.15, 0.2) is 0 Å². The Morgan fingerprint density at radius 1 is 1.00 bits per heavy atom. The van der Waals surface area contributed by atoms with Crippen LogP contribution in [0.3, 0.4) is 0 Å². The van der Waals surface area contributed by atoms with Gasteiger partial charge in [0.1, 0.15) is 0 Å². The van der Waals surface area contributed by atoms with Gasteiger partial charge in [0.25, 0.3) is 0 Å². The van der Waals surface area contributed by atoms with Gasteiger partial charge in [-0.3, -0.25) is 4.70 Å². The third-order valence-electron chi connectivity index (χ3n) is 1.50. The van der Waals surface area contributed by atoms with Gasteiger partial charge in [-0.2, -0.15) is 26.3 Å². The van der Waals surface area contributed by atoms with Crippen LogP contribution >= 0.6 is 0 Å². The van der Waals surface area contributed by atoms with Crippen molar-refractivity contribution in [2.24, 2.45) is 0 Å². The zero-order valence-corrected chi connectivity index (χ0v) is 7.85. The van der Waals surface area contributed by atoms with E-state index in [0.717, 1.165) is 0 Å². The van der Waals surface area contributed by atoms with E-state index < -0.39 is 29.7 Å². The Kier molecular flexibility index (Phi) is 4.99. The van der Waals surface area contributed by atoms with E-state index >= 15 is 0 Å². The normalized spacial score (nSPS) is 12.6. The minimum Gasteiger partial charge on any atom is -0.477 e. The summed E-state index contributed by atoms with van der Waals surface area (Å²) in [4.78, 5) is 19.9. The van der Waals surface area contributed by atoms with Crippen molar-refractivity contribution in [2.45, 2.75) is 17.8 Å². The number of esters is 1. The van der Waals surface area contributed by atoms with Gasteiger partial charge in [0, 0.05) is 0 Å². The molecule has 0 saturated heterocycles. The molecule has 0 radical (unpaired) electrons. The van der Waals surface area contributed by atoms with Crippen LogP contribution < -0.4 is 0 Å². The summed E-state index contributed by atoms with van der Waals surface area (Å²) < 4.78 is 77.7. The van der Waals surface area contributed by atoms with E-state index in [1.807, 2.05) is 0 Å². The second kappa shape index (κ2) is 4.75. The van der Waals surface area contributed by atoms with Gasteiger partial charge in [0.05, 0.1) is 7.11 Å². The molecular formula is C6H5F7O4. The standard InChI is InChI=1S/C6H4F6O4.FH/c1-16-3(15)5(9,10)6(11,12)4(7,8)2(13)14;/h1H3,(H,13,14);1H. The van der Waals surface area contributed by atoms with Crippen LogP contribution in [-0.4, -0.2) is 41.9 Å². The molecule has 102 valence electrons. The van der Waals surface area contributed by atoms with Crippen LogP contribution in [-0.2, 0) is 14.3 Å². The fraction of sp³-hybridized carbons (Fsp3) is 0.667. The van der Waals surface area contributed by atoms with Crippen molar-refractivity contribution in [3.63, 3.8) is 0 Å². The molecule has 1 N–H and O–H groups in total. The zero-order chi connectivity index (χ0) is 13.4. The summed E-state index contributed by atoms with van der Waals surface area (Å²) in [7, 11) is 0.255.